The van der Waals surface area contributed by atoms with Crippen molar-refractivity contribution < 1.29 is 26.3 Å². The lowest BCUT2D eigenvalue weighted by Crippen LogP contribution is -2.47. The van der Waals surface area contributed by atoms with E-state index in [1.165, 1.54) is 9.00 Å². The first kappa shape index (κ1) is 36.9. The highest BCUT2D eigenvalue weighted by Gasteiger charge is 2.43. The fourth-order valence-electron chi connectivity index (χ4n) is 6.07. The third-order valence-electron chi connectivity index (χ3n) is 11.4. The summed E-state index contributed by atoms with van der Waals surface area (Å²) < 4.78 is 83.8. The summed E-state index contributed by atoms with van der Waals surface area (Å²) in [6, 6.07) is 15.3. The Kier molecular flexibility index (Phi) is 8.70. The lowest BCUT2D eigenvalue weighted by Gasteiger charge is -2.36. The van der Waals surface area contributed by atoms with Gasteiger partial charge in [0.15, 0.2) is 0 Å². The largest absolute Gasteiger partial charge is 0.416 e. The zero-order chi connectivity index (χ0) is 37.0. The third-order valence-corrected chi connectivity index (χ3v) is 27.3. The van der Waals surface area contributed by atoms with Gasteiger partial charge in [-0.2, -0.15) is 26.3 Å². The molecular formula is C40H42F6S2Si2. The van der Waals surface area contributed by atoms with Crippen LogP contribution in [0.1, 0.15) is 84.7 Å². The van der Waals surface area contributed by atoms with E-state index in [-0.39, 0.29) is 10.1 Å². The smallest absolute Gasteiger partial charge is 0.166 e. The van der Waals surface area contributed by atoms with Crippen molar-refractivity contribution in [3.05, 3.63) is 116 Å². The van der Waals surface area contributed by atoms with E-state index >= 15 is 0 Å². The van der Waals surface area contributed by atoms with Crippen molar-refractivity contribution in [3.8, 4) is 0 Å². The normalized spacial score (nSPS) is 17.2. The van der Waals surface area contributed by atoms with E-state index in [0.717, 1.165) is 67.4 Å². The third kappa shape index (κ3) is 6.18. The maximum Gasteiger partial charge on any atom is 0.416 e. The van der Waals surface area contributed by atoms with Crippen LogP contribution in [-0.2, 0) is 12.4 Å². The van der Waals surface area contributed by atoms with Crippen molar-refractivity contribution in [3.63, 3.8) is 0 Å². The fourth-order valence-corrected chi connectivity index (χ4v) is 15.0. The van der Waals surface area contributed by atoms with E-state index in [1.54, 1.807) is 46.9 Å². The van der Waals surface area contributed by atoms with E-state index in [0.29, 0.717) is 11.1 Å². The molecular weight excluding hydrogens is 715 g/mol. The molecule has 4 aromatic rings. The highest BCUT2D eigenvalue weighted by atomic mass is 32.1. The molecule has 10 heteroatoms. The first-order valence-corrected chi connectivity index (χ1v) is 24.3. The Bertz CT molecular complexity index is 1920. The van der Waals surface area contributed by atoms with Crippen LogP contribution < -0.4 is 9.00 Å². The van der Waals surface area contributed by atoms with Crippen molar-refractivity contribution in [1.82, 2.24) is 0 Å². The molecule has 2 aromatic carbocycles. The zero-order valence-electron chi connectivity index (χ0n) is 30.0. The number of halogens is 6. The highest BCUT2D eigenvalue weighted by Crippen LogP contribution is 2.52. The Balaban J connectivity index is 1.62. The van der Waals surface area contributed by atoms with Crippen LogP contribution in [0.15, 0.2) is 72.8 Å². The molecule has 0 unspecified atom stereocenters. The fraction of sp³-hybridized carbons (Fsp3) is 0.350. The monoisotopic (exact) mass is 756 g/mol. The van der Waals surface area contributed by atoms with Crippen LogP contribution in [0, 0.1) is 0 Å². The second-order valence-corrected chi connectivity index (χ2v) is 30.0. The molecule has 2 aliphatic rings. The summed E-state index contributed by atoms with van der Waals surface area (Å²) in [5.74, 6) is 0. The molecule has 0 amide bonds. The SMILES string of the molecule is CC(C)(C)[Si](C)(C)c1cc2c(s1)/C(=C1/C=C(c3ccc(C(F)(F)F)cc3)c3cc([Si](C)(C)C(C)(C)C)sc31)C=C2c1ccc(C(F)(F)F)cc1. The highest BCUT2D eigenvalue weighted by molar-refractivity contribution is 7.29. The van der Waals surface area contributed by atoms with Gasteiger partial charge < -0.3 is 0 Å². The molecule has 6 rings (SSSR count). The number of hydrogen-bond donors (Lipinski definition) is 0. The summed E-state index contributed by atoms with van der Waals surface area (Å²) in [5.41, 5.74) is 5.90. The first-order valence-electron chi connectivity index (χ1n) is 16.7. The van der Waals surface area contributed by atoms with Crippen LogP contribution >= 0.6 is 22.7 Å². The van der Waals surface area contributed by atoms with Gasteiger partial charge in [-0.05, 0) is 89.9 Å². The van der Waals surface area contributed by atoms with Crippen LogP contribution in [-0.4, -0.2) is 16.1 Å². The molecule has 0 radical (unpaired) electrons. The Morgan fingerprint density at radius 3 is 1.04 bits per heavy atom. The minimum absolute atomic E-state index is 0.0686. The summed E-state index contributed by atoms with van der Waals surface area (Å²) in [6.45, 7) is 23.1. The summed E-state index contributed by atoms with van der Waals surface area (Å²) >= 11 is 3.56. The van der Waals surface area contributed by atoms with Crippen molar-refractivity contribution in [1.29, 1.82) is 0 Å². The van der Waals surface area contributed by atoms with Gasteiger partial charge in [-0.15, -0.1) is 22.7 Å². The van der Waals surface area contributed by atoms with Gasteiger partial charge in [-0.3, -0.25) is 0 Å². The lowest BCUT2D eigenvalue weighted by molar-refractivity contribution is -0.138. The molecule has 2 aliphatic carbocycles. The van der Waals surface area contributed by atoms with Crippen molar-refractivity contribution >= 4 is 70.1 Å². The van der Waals surface area contributed by atoms with Gasteiger partial charge in [0.2, 0.25) is 0 Å². The average molecular weight is 757 g/mol. The van der Waals surface area contributed by atoms with E-state index in [4.69, 9.17) is 0 Å². The van der Waals surface area contributed by atoms with Gasteiger partial charge in [0.05, 0.1) is 27.3 Å². The van der Waals surface area contributed by atoms with Gasteiger partial charge in [0.25, 0.3) is 0 Å². The molecule has 0 saturated carbocycles. The number of thiophene rings is 2. The zero-order valence-corrected chi connectivity index (χ0v) is 33.6. The van der Waals surface area contributed by atoms with Crippen LogP contribution in [0.2, 0.25) is 36.3 Å². The molecule has 2 aromatic heterocycles. The molecule has 50 heavy (non-hydrogen) atoms. The van der Waals surface area contributed by atoms with Crippen LogP contribution in [0.4, 0.5) is 26.3 Å². The summed E-state index contributed by atoms with van der Waals surface area (Å²) in [7, 11) is -3.97. The van der Waals surface area contributed by atoms with E-state index in [1.807, 2.05) is 0 Å². The Hall–Kier alpha value is -2.93. The van der Waals surface area contributed by atoms with E-state index in [9.17, 15) is 26.3 Å². The van der Waals surface area contributed by atoms with Gasteiger partial charge in [0.1, 0.15) is 0 Å². The molecule has 0 atom stereocenters. The minimum atomic E-state index is -4.43. The molecule has 264 valence electrons. The number of fused-ring (bicyclic) bond motifs is 2. The molecule has 0 aliphatic heterocycles. The molecule has 2 heterocycles. The maximum atomic E-state index is 13.5. The van der Waals surface area contributed by atoms with Gasteiger partial charge in [-0.25, -0.2) is 0 Å². The first-order chi connectivity index (χ1) is 22.8. The Morgan fingerprint density at radius 2 is 0.780 bits per heavy atom. The second-order valence-electron chi connectivity index (χ2n) is 16.6. The predicted molar refractivity (Wildman–Crippen MR) is 206 cm³/mol. The average Bonchev–Trinajstić information content (AvgIpc) is 3.76. The number of benzene rings is 2. The second kappa shape index (κ2) is 11.8. The van der Waals surface area contributed by atoms with Crippen LogP contribution in [0.25, 0.3) is 22.3 Å². The molecule has 0 N–H and O–H groups in total. The predicted octanol–water partition coefficient (Wildman–Crippen LogP) is 13.1. The van der Waals surface area contributed by atoms with Crippen molar-refractivity contribution in [2.75, 3.05) is 0 Å². The minimum Gasteiger partial charge on any atom is -0.166 e. The van der Waals surface area contributed by atoms with Gasteiger partial charge in [0, 0.05) is 32.0 Å². The van der Waals surface area contributed by atoms with Crippen LogP contribution in [0.5, 0.6) is 0 Å². The van der Waals surface area contributed by atoms with E-state index in [2.05, 4.69) is 92.0 Å². The Morgan fingerprint density at radius 1 is 0.480 bits per heavy atom. The maximum absolute atomic E-state index is 13.5. The van der Waals surface area contributed by atoms with Crippen LogP contribution in [0.3, 0.4) is 0 Å². The van der Waals surface area contributed by atoms with E-state index < -0.39 is 39.6 Å². The van der Waals surface area contributed by atoms with Gasteiger partial charge >= 0.3 is 12.4 Å². The molecule has 0 saturated heterocycles. The summed E-state index contributed by atoms with van der Waals surface area (Å²) in [6.07, 6.45) is -4.65. The molecule has 0 fully saturated rings. The van der Waals surface area contributed by atoms with Crippen molar-refractivity contribution in [2.24, 2.45) is 0 Å². The number of hydrogen-bond acceptors (Lipinski definition) is 2. The van der Waals surface area contributed by atoms with Crippen molar-refractivity contribution in [2.45, 2.75) is 90.2 Å². The van der Waals surface area contributed by atoms with Gasteiger partial charge in [-0.1, -0.05) is 92.0 Å². The molecule has 0 spiro atoms. The Labute approximate surface area is 301 Å². The molecule has 0 nitrogen and oxygen atoms in total. The summed E-state index contributed by atoms with van der Waals surface area (Å²) in [4.78, 5) is 2.18. The standard InChI is InChI=1S/C40H42F6S2Si2/c1-37(2,3)49(7,8)33-21-31-27(23-11-15-25(16-12-23)39(41,42)43)19-29(35(31)47-33)30-20-28(24-13-17-26(18-14-24)40(44,45)46)32-22-34(48-36(30)32)50(9,10)38(4,5)6/h11-22H,1-10H3/b30-29-. The summed E-state index contributed by atoms with van der Waals surface area (Å²) in [5, 5.41) is 0.137. The molecule has 0 bridgehead atoms. The lowest BCUT2D eigenvalue weighted by atomic mass is 10.0. The topological polar surface area (TPSA) is 0 Å². The quantitative estimate of drug-likeness (QED) is 0.144. The number of allylic oxidation sites excluding steroid dienone is 4. The number of alkyl halides is 6. The number of rotatable bonds is 4.